The van der Waals surface area contributed by atoms with E-state index in [0.29, 0.717) is 26.2 Å². The molecule has 1 aromatic rings. The molecule has 4 rings (SSSR count). The molecule has 0 saturated carbocycles. The van der Waals surface area contributed by atoms with Crippen LogP contribution in [0.5, 0.6) is 0 Å². The highest BCUT2D eigenvalue weighted by Gasteiger charge is 2.43. The van der Waals surface area contributed by atoms with E-state index < -0.39 is 6.10 Å². The smallest absolute Gasteiger partial charge is 0.320 e. The maximum absolute atomic E-state index is 12.9. The second kappa shape index (κ2) is 8.79. The van der Waals surface area contributed by atoms with Crippen molar-refractivity contribution in [1.82, 2.24) is 19.6 Å². The molecule has 7 nitrogen and oxygen atoms in total. The maximum atomic E-state index is 12.9. The van der Waals surface area contributed by atoms with Crippen LogP contribution in [-0.4, -0.2) is 95.6 Å². The molecule has 0 bridgehead atoms. The van der Waals surface area contributed by atoms with Crippen molar-refractivity contribution >= 4 is 11.9 Å². The Morgan fingerprint density at radius 2 is 1.90 bits per heavy atom. The van der Waals surface area contributed by atoms with Gasteiger partial charge in [0.05, 0.1) is 6.10 Å². The number of rotatable bonds is 4. The highest BCUT2D eigenvalue weighted by Crippen LogP contribution is 2.40. The van der Waals surface area contributed by atoms with Gasteiger partial charge in [0.15, 0.2) is 0 Å². The highest BCUT2D eigenvalue weighted by molar-refractivity contribution is 5.85. The van der Waals surface area contributed by atoms with Gasteiger partial charge in [0.1, 0.15) is 6.54 Å². The Bertz CT molecular complexity index is 834. The number of urea groups is 1. The summed E-state index contributed by atoms with van der Waals surface area (Å²) < 4.78 is 0. The van der Waals surface area contributed by atoms with Gasteiger partial charge >= 0.3 is 6.03 Å². The van der Waals surface area contributed by atoms with Crippen molar-refractivity contribution in [2.75, 3.05) is 52.9 Å². The summed E-state index contributed by atoms with van der Waals surface area (Å²) in [6.07, 6.45) is 2.26. The van der Waals surface area contributed by atoms with E-state index in [1.807, 2.05) is 0 Å². The third-order valence-corrected chi connectivity index (χ3v) is 7.42. The molecule has 3 amide bonds. The third kappa shape index (κ3) is 4.88. The zero-order chi connectivity index (χ0) is 22.2. The van der Waals surface area contributed by atoms with Gasteiger partial charge in [-0.15, -0.1) is 0 Å². The fraction of sp³-hybridized carbons (Fsp3) is 0.667. The van der Waals surface area contributed by atoms with Gasteiger partial charge in [0.25, 0.3) is 0 Å². The number of aliphatic hydroxyl groups is 1. The lowest BCUT2D eigenvalue weighted by Gasteiger charge is -2.49. The monoisotopic (exact) mass is 428 g/mol. The first kappa shape index (κ1) is 22.1. The number of carbonyl (C=O) groups excluding carboxylic acids is 2. The predicted molar refractivity (Wildman–Crippen MR) is 120 cm³/mol. The standard InChI is InChI=1S/C24H36N4O3/c1-18-4-5-20(19(2)12-18)14-26-8-6-24(7-9-26)13-21(29)15-28(17-24)22(30)16-27-11-10-25(3)23(27)31/h4-5,12,21,29H,6-11,13-17H2,1-3H3. The number of aliphatic hydroxyl groups excluding tert-OH is 1. The van der Waals surface area contributed by atoms with Crippen LogP contribution < -0.4 is 0 Å². The summed E-state index contributed by atoms with van der Waals surface area (Å²) in [5.41, 5.74) is 3.99. The van der Waals surface area contributed by atoms with Crippen LogP contribution in [0.25, 0.3) is 0 Å². The first-order chi connectivity index (χ1) is 14.7. The first-order valence-corrected chi connectivity index (χ1v) is 11.5. The van der Waals surface area contributed by atoms with Crippen LogP contribution in [0.15, 0.2) is 18.2 Å². The number of likely N-dealkylation sites (tertiary alicyclic amines) is 2. The average molecular weight is 429 g/mol. The Balaban J connectivity index is 1.35. The Kier molecular flexibility index (Phi) is 6.26. The van der Waals surface area contributed by atoms with E-state index in [1.165, 1.54) is 16.7 Å². The van der Waals surface area contributed by atoms with Gasteiger partial charge in [-0.2, -0.15) is 0 Å². The van der Waals surface area contributed by atoms with Gasteiger partial charge in [-0.1, -0.05) is 23.8 Å². The predicted octanol–water partition coefficient (Wildman–Crippen LogP) is 1.85. The molecular formula is C24H36N4O3. The Morgan fingerprint density at radius 3 is 2.55 bits per heavy atom. The number of amides is 3. The summed E-state index contributed by atoms with van der Waals surface area (Å²) >= 11 is 0. The van der Waals surface area contributed by atoms with Crippen LogP contribution in [0.1, 0.15) is 36.0 Å². The molecule has 1 unspecified atom stereocenters. The lowest BCUT2D eigenvalue weighted by atomic mass is 9.71. The van der Waals surface area contributed by atoms with Crippen LogP contribution in [0.3, 0.4) is 0 Å². The summed E-state index contributed by atoms with van der Waals surface area (Å²) in [6.45, 7) is 9.67. The lowest BCUT2D eigenvalue weighted by Crippen LogP contribution is -2.56. The van der Waals surface area contributed by atoms with Crippen LogP contribution >= 0.6 is 0 Å². The van der Waals surface area contributed by atoms with Crippen LogP contribution in [0.4, 0.5) is 4.79 Å². The average Bonchev–Trinajstić information content (AvgIpc) is 3.03. The Labute approximate surface area is 185 Å². The van der Waals surface area contributed by atoms with Crippen molar-refractivity contribution in [2.45, 2.75) is 45.8 Å². The fourth-order valence-corrected chi connectivity index (χ4v) is 5.47. The molecule has 1 spiro atoms. The van der Waals surface area contributed by atoms with E-state index in [-0.39, 0.29) is 23.9 Å². The van der Waals surface area contributed by atoms with E-state index in [1.54, 1.807) is 21.7 Å². The molecule has 3 aliphatic rings. The molecule has 0 aromatic heterocycles. The topological polar surface area (TPSA) is 67.3 Å². The second-order valence-electron chi connectivity index (χ2n) is 9.96. The molecule has 3 fully saturated rings. The minimum atomic E-state index is -0.486. The molecule has 3 heterocycles. The van der Waals surface area contributed by atoms with E-state index in [4.69, 9.17) is 0 Å². The van der Waals surface area contributed by atoms with Crippen molar-refractivity contribution in [1.29, 1.82) is 0 Å². The fourth-order valence-electron chi connectivity index (χ4n) is 5.47. The number of carbonyl (C=O) groups is 2. The van der Waals surface area contributed by atoms with Crippen molar-refractivity contribution in [3.63, 3.8) is 0 Å². The van der Waals surface area contributed by atoms with Gasteiger partial charge < -0.3 is 19.8 Å². The summed E-state index contributed by atoms with van der Waals surface area (Å²) in [5, 5.41) is 10.6. The molecule has 31 heavy (non-hydrogen) atoms. The molecule has 0 radical (unpaired) electrons. The van der Waals surface area contributed by atoms with Crippen LogP contribution in [-0.2, 0) is 11.3 Å². The quantitative estimate of drug-likeness (QED) is 0.795. The molecule has 1 atom stereocenters. The molecule has 1 aromatic carbocycles. The number of hydrogen-bond donors (Lipinski definition) is 1. The largest absolute Gasteiger partial charge is 0.391 e. The van der Waals surface area contributed by atoms with E-state index >= 15 is 0 Å². The van der Waals surface area contributed by atoms with Crippen LogP contribution in [0.2, 0.25) is 0 Å². The lowest BCUT2D eigenvalue weighted by molar-refractivity contribution is -0.140. The van der Waals surface area contributed by atoms with Gasteiger partial charge in [-0.3, -0.25) is 9.69 Å². The third-order valence-electron chi connectivity index (χ3n) is 7.42. The van der Waals surface area contributed by atoms with Gasteiger partial charge in [0.2, 0.25) is 5.91 Å². The summed E-state index contributed by atoms with van der Waals surface area (Å²) in [7, 11) is 1.76. The number of hydrogen-bond acceptors (Lipinski definition) is 4. The summed E-state index contributed by atoms with van der Waals surface area (Å²) in [4.78, 5) is 32.6. The van der Waals surface area contributed by atoms with Crippen molar-refractivity contribution < 1.29 is 14.7 Å². The highest BCUT2D eigenvalue weighted by atomic mass is 16.3. The Hall–Kier alpha value is -2.12. The minimum Gasteiger partial charge on any atom is -0.391 e. The molecular weight excluding hydrogens is 392 g/mol. The van der Waals surface area contributed by atoms with Crippen LogP contribution in [0, 0.1) is 19.3 Å². The molecule has 1 N–H and O–H groups in total. The number of aryl methyl sites for hydroxylation is 2. The van der Waals surface area contributed by atoms with Crippen molar-refractivity contribution in [3.8, 4) is 0 Å². The second-order valence-corrected chi connectivity index (χ2v) is 9.96. The Morgan fingerprint density at radius 1 is 1.16 bits per heavy atom. The normalized spacial score (nSPS) is 24.3. The molecule has 170 valence electrons. The molecule has 7 heteroatoms. The summed E-state index contributed by atoms with van der Waals surface area (Å²) in [5.74, 6) is -0.0421. The van der Waals surface area contributed by atoms with Gasteiger partial charge in [-0.25, -0.2) is 4.79 Å². The first-order valence-electron chi connectivity index (χ1n) is 11.5. The molecule has 3 saturated heterocycles. The zero-order valence-corrected chi connectivity index (χ0v) is 19.1. The maximum Gasteiger partial charge on any atom is 0.320 e. The van der Waals surface area contributed by atoms with E-state index in [0.717, 1.165) is 38.9 Å². The minimum absolute atomic E-state index is 0.0159. The number of nitrogens with zero attached hydrogens (tertiary/aromatic N) is 4. The van der Waals surface area contributed by atoms with E-state index in [2.05, 4.69) is 36.9 Å². The number of benzene rings is 1. The van der Waals surface area contributed by atoms with Crippen molar-refractivity contribution in [2.24, 2.45) is 5.41 Å². The number of likely N-dealkylation sites (N-methyl/N-ethyl adjacent to an activating group) is 1. The number of piperidine rings is 2. The SMILES string of the molecule is Cc1ccc(CN2CCC3(CC2)CC(O)CN(C(=O)CN2CCN(C)C2=O)C3)c(C)c1. The van der Waals surface area contributed by atoms with Crippen molar-refractivity contribution in [3.05, 3.63) is 34.9 Å². The van der Waals surface area contributed by atoms with Gasteiger partial charge in [-0.05, 0) is 62.7 Å². The molecule has 3 aliphatic heterocycles. The molecule has 0 aliphatic carbocycles. The zero-order valence-electron chi connectivity index (χ0n) is 19.1. The summed E-state index contributed by atoms with van der Waals surface area (Å²) in [6, 6.07) is 6.57. The van der Waals surface area contributed by atoms with Gasteiger partial charge in [0, 0.05) is 39.8 Å². The van der Waals surface area contributed by atoms with E-state index in [9.17, 15) is 14.7 Å². The number of β-amino-alcohol motifs (C(OH)–C–C–N with tert-alkyl or cyclic N) is 1.